The molecule has 0 aliphatic rings. The average molecular weight is 895 g/mol. The van der Waals surface area contributed by atoms with Gasteiger partial charge in [-0.3, -0.25) is 29.0 Å². The highest BCUT2D eigenvalue weighted by atomic mass is 16.2. The van der Waals surface area contributed by atoms with Crippen molar-refractivity contribution in [2.75, 3.05) is 13.1 Å². The zero-order chi connectivity index (χ0) is 47.2. The Labute approximate surface area is 395 Å². The zero-order valence-electron chi connectivity index (χ0n) is 42.8. The fourth-order valence-corrected chi connectivity index (χ4v) is 8.68. The van der Waals surface area contributed by atoms with Gasteiger partial charge in [-0.05, 0) is 48.9 Å². The molecule has 0 saturated heterocycles. The molecule has 0 aliphatic carbocycles. The van der Waals surface area contributed by atoms with Crippen molar-refractivity contribution >= 4 is 23.6 Å². The second kappa shape index (κ2) is 39.6. The number of hydrogen-bond donors (Lipinski definition) is 2. The van der Waals surface area contributed by atoms with Crippen molar-refractivity contribution in [2.45, 2.75) is 272 Å². The molecule has 0 aromatic heterocycles. The van der Waals surface area contributed by atoms with E-state index in [9.17, 15) is 19.2 Å². The predicted octanol–water partition coefficient (Wildman–Crippen LogP) is 14.9. The second-order valence-corrected chi connectivity index (χ2v) is 19.6. The molecule has 8 heteroatoms. The number of imide groups is 2. The molecule has 64 heavy (non-hydrogen) atoms. The smallest absolute Gasteiger partial charge is 0.260 e. The van der Waals surface area contributed by atoms with Crippen LogP contribution in [0, 0.1) is 11.8 Å². The molecule has 4 atom stereocenters. The molecule has 0 radical (unpaired) electrons. The third-order valence-electron chi connectivity index (χ3n) is 14.0. The molecular weight excluding hydrogens is 793 g/mol. The topological polar surface area (TPSA) is 127 Å². The molecule has 0 fully saturated rings. The van der Waals surface area contributed by atoms with Gasteiger partial charge in [0.1, 0.15) is 0 Å². The Morgan fingerprint density at radius 3 is 0.781 bits per heavy atom. The number of nitrogens with zero attached hydrogens (tertiary/aromatic N) is 2. The van der Waals surface area contributed by atoms with Gasteiger partial charge in [-0.25, -0.2) is 0 Å². The number of carbonyl (C=O) groups excluding carboxylic acids is 4. The summed E-state index contributed by atoms with van der Waals surface area (Å²) in [6.45, 7) is 13.1. The third kappa shape index (κ3) is 26.5. The Morgan fingerprint density at radius 2 is 0.578 bits per heavy atom. The molecule has 8 nitrogen and oxygen atoms in total. The third-order valence-corrected chi connectivity index (χ3v) is 14.0. The van der Waals surface area contributed by atoms with Gasteiger partial charge in [0.25, 0.3) is 11.8 Å². The molecule has 370 valence electrons. The van der Waals surface area contributed by atoms with Gasteiger partial charge in [0.15, 0.2) is 0 Å². The van der Waals surface area contributed by atoms with E-state index in [0.29, 0.717) is 24.2 Å². The summed E-state index contributed by atoms with van der Waals surface area (Å²) in [6.07, 6.45) is 41.6. The number of amides is 4. The Bertz CT molecular complexity index is 1220. The lowest BCUT2D eigenvalue weighted by Crippen LogP contribution is -2.50. The molecule has 1 rings (SSSR count). The summed E-state index contributed by atoms with van der Waals surface area (Å²) in [5.41, 5.74) is 13.5. The summed E-state index contributed by atoms with van der Waals surface area (Å²) in [4.78, 5) is 58.0. The molecule has 4 N–H and O–H groups in total. The highest BCUT2D eigenvalue weighted by Gasteiger charge is 2.32. The summed E-state index contributed by atoms with van der Waals surface area (Å²) >= 11 is 0. The van der Waals surface area contributed by atoms with Crippen LogP contribution in [0.15, 0.2) is 24.3 Å². The first kappa shape index (κ1) is 59.4. The van der Waals surface area contributed by atoms with Crippen LogP contribution in [0.3, 0.4) is 0 Å². The zero-order valence-corrected chi connectivity index (χ0v) is 42.8. The highest BCUT2D eigenvalue weighted by Crippen LogP contribution is 2.20. The van der Waals surface area contributed by atoms with E-state index in [2.05, 4.69) is 13.8 Å². The van der Waals surface area contributed by atoms with Crippen LogP contribution in [0.5, 0.6) is 0 Å². The lowest BCUT2D eigenvalue weighted by molar-refractivity contribution is -0.132. The van der Waals surface area contributed by atoms with Crippen LogP contribution in [0.25, 0.3) is 0 Å². The van der Waals surface area contributed by atoms with Gasteiger partial charge in [0.05, 0.1) is 12.1 Å². The molecule has 1 aromatic carbocycles. The molecular formula is C56H102N4O4. The Hall–Kier alpha value is -2.58. The summed E-state index contributed by atoms with van der Waals surface area (Å²) in [6, 6.07) is 4.87. The number of unbranched alkanes of at least 4 members (excludes halogenated alkanes) is 30. The van der Waals surface area contributed by atoms with Crippen molar-refractivity contribution in [1.82, 2.24) is 9.80 Å². The molecule has 0 heterocycles. The van der Waals surface area contributed by atoms with E-state index in [1.54, 1.807) is 24.3 Å². The van der Waals surface area contributed by atoms with Gasteiger partial charge >= 0.3 is 0 Å². The van der Waals surface area contributed by atoms with Crippen molar-refractivity contribution in [3.05, 3.63) is 35.4 Å². The fraction of sp³-hybridized carbons (Fsp3) is 0.821. The Balaban J connectivity index is 2.71. The van der Waals surface area contributed by atoms with Crippen LogP contribution in [0.2, 0.25) is 0 Å². The summed E-state index contributed by atoms with van der Waals surface area (Å²) < 4.78 is 0. The van der Waals surface area contributed by atoms with E-state index < -0.39 is 23.9 Å². The summed E-state index contributed by atoms with van der Waals surface area (Å²) in [5, 5.41) is 0. The number of carbonyl (C=O) groups is 4. The molecule has 0 saturated carbocycles. The van der Waals surface area contributed by atoms with Crippen LogP contribution in [-0.2, 0) is 9.59 Å². The second-order valence-electron chi connectivity index (χ2n) is 19.6. The number of benzene rings is 1. The maximum Gasteiger partial charge on any atom is 0.260 e. The lowest BCUT2D eigenvalue weighted by Gasteiger charge is -2.27. The van der Waals surface area contributed by atoms with E-state index in [-0.39, 0.29) is 23.7 Å². The van der Waals surface area contributed by atoms with Gasteiger partial charge in [-0.2, -0.15) is 0 Å². The van der Waals surface area contributed by atoms with Crippen molar-refractivity contribution in [3.8, 4) is 0 Å². The Kier molecular flexibility index (Phi) is 36.8. The molecule has 1 aromatic rings. The van der Waals surface area contributed by atoms with E-state index in [0.717, 1.165) is 51.4 Å². The molecule has 0 unspecified atom stereocenters. The van der Waals surface area contributed by atoms with Crippen LogP contribution >= 0.6 is 0 Å². The number of hydrogen-bond acceptors (Lipinski definition) is 6. The van der Waals surface area contributed by atoms with Gasteiger partial charge < -0.3 is 11.5 Å². The van der Waals surface area contributed by atoms with E-state index in [1.165, 1.54) is 177 Å². The lowest BCUT2D eigenvalue weighted by atomic mass is 9.98. The fourth-order valence-electron chi connectivity index (χ4n) is 8.68. The minimum Gasteiger partial charge on any atom is -0.320 e. The quantitative estimate of drug-likeness (QED) is 0.0629. The maximum atomic E-state index is 14.0. The molecule has 0 aliphatic heterocycles. The maximum absolute atomic E-state index is 14.0. The van der Waals surface area contributed by atoms with Crippen LogP contribution < -0.4 is 11.5 Å². The van der Waals surface area contributed by atoms with Crippen molar-refractivity contribution in [3.63, 3.8) is 0 Å². The minimum absolute atomic E-state index is 0.0618. The first-order valence-electron chi connectivity index (χ1n) is 27.4. The largest absolute Gasteiger partial charge is 0.320 e. The predicted molar refractivity (Wildman–Crippen MR) is 272 cm³/mol. The molecule has 0 bridgehead atoms. The van der Waals surface area contributed by atoms with Crippen molar-refractivity contribution in [1.29, 1.82) is 0 Å². The summed E-state index contributed by atoms with van der Waals surface area (Å²) in [7, 11) is 0. The summed E-state index contributed by atoms with van der Waals surface area (Å²) in [5.74, 6) is -1.63. The van der Waals surface area contributed by atoms with Gasteiger partial charge in [0.2, 0.25) is 11.8 Å². The SMILES string of the molecule is CCCCCCCCCCCCCCCCCCN(C(=O)c1ccc(C(=O)N(CCCCCCCCCCCCCCCCCC)C(=O)[C@@H](N)[C@@H](C)CC)cc1)C(=O)[C@@H](N)[C@@H](C)CC. The normalized spacial score (nSPS) is 13.4. The molecule has 0 spiro atoms. The van der Waals surface area contributed by atoms with Gasteiger partial charge in [0, 0.05) is 24.2 Å². The highest BCUT2D eigenvalue weighted by molar-refractivity contribution is 6.08. The molecule has 4 amide bonds. The van der Waals surface area contributed by atoms with Crippen molar-refractivity contribution < 1.29 is 19.2 Å². The average Bonchev–Trinajstić information content (AvgIpc) is 3.31. The minimum atomic E-state index is -0.769. The van der Waals surface area contributed by atoms with Gasteiger partial charge in [-0.15, -0.1) is 0 Å². The number of rotatable bonds is 42. The first-order chi connectivity index (χ1) is 31.0. The van der Waals surface area contributed by atoms with E-state index in [1.807, 2.05) is 27.7 Å². The van der Waals surface area contributed by atoms with Crippen molar-refractivity contribution in [2.24, 2.45) is 23.3 Å². The van der Waals surface area contributed by atoms with Crippen LogP contribution in [-0.4, -0.2) is 58.6 Å². The number of nitrogens with two attached hydrogens (primary N) is 2. The van der Waals surface area contributed by atoms with E-state index in [4.69, 9.17) is 11.5 Å². The van der Waals surface area contributed by atoms with Gasteiger partial charge in [-0.1, -0.05) is 247 Å². The standard InChI is InChI=1S/C56H102N4O4/c1-7-11-13-15-17-19-21-23-25-27-29-31-33-35-37-39-45-59(55(63)51(57)47(5)9-3)53(61)49-41-43-50(44-42-49)54(62)60(56(64)52(58)48(6)10-4)46-40-38-36-34-32-30-28-26-24-22-20-18-16-14-12-8-2/h41-44,47-48,51-52H,7-40,45-46,57-58H2,1-6H3/t47-,48-,51-,52-/m0/s1. The monoisotopic (exact) mass is 895 g/mol. The Morgan fingerprint density at radius 1 is 0.375 bits per heavy atom. The first-order valence-corrected chi connectivity index (χ1v) is 27.4. The van der Waals surface area contributed by atoms with Crippen LogP contribution in [0.4, 0.5) is 0 Å². The van der Waals surface area contributed by atoms with Crippen LogP contribution in [0.1, 0.15) is 281 Å². The van der Waals surface area contributed by atoms with E-state index >= 15 is 0 Å².